The van der Waals surface area contributed by atoms with Gasteiger partial charge in [-0.25, -0.2) is 18.2 Å². The molecule has 98 valence electrons. The molecule has 0 spiro atoms. The molecule has 0 amide bonds. The first-order valence-corrected chi connectivity index (χ1v) is 7.28. The average molecular weight is 277 g/mol. The Bertz CT molecular complexity index is 738. The van der Waals surface area contributed by atoms with E-state index in [0.29, 0.717) is 11.3 Å². The molecule has 0 unspecified atom stereocenters. The maximum atomic E-state index is 11.5. The van der Waals surface area contributed by atoms with Crippen molar-refractivity contribution in [2.75, 3.05) is 6.26 Å². The van der Waals surface area contributed by atoms with Crippen LogP contribution in [0.25, 0.3) is 11.3 Å². The van der Waals surface area contributed by atoms with Crippen LogP contribution < -0.4 is 0 Å². The van der Waals surface area contributed by atoms with Gasteiger partial charge in [-0.1, -0.05) is 18.2 Å². The van der Waals surface area contributed by atoms with Gasteiger partial charge >= 0.3 is 5.97 Å². The molecule has 0 aliphatic carbocycles. The van der Waals surface area contributed by atoms with Crippen LogP contribution in [0.2, 0.25) is 0 Å². The first-order valence-electron chi connectivity index (χ1n) is 5.39. The van der Waals surface area contributed by atoms with Crippen molar-refractivity contribution < 1.29 is 18.3 Å². The first kappa shape index (κ1) is 13.2. The average Bonchev–Trinajstić information content (AvgIpc) is 2.38. The predicted molar refractivity (Wildman–Crippen MR) is 69.7 cm³/mol. The summed E-state index contributed by atoms with van der Waals surface area (Å²) in [6, 6.07) is 10.8. The van der Waals surface area contributed by atoms with Gasteiger partial charge in [0, 0.05) is 11.8 Å². The number of carbonyl (C=O) groups is 1. The van der Waals surface area contributed by atoms with Crippen molar-refractivity contribution in [3.8, 4) is 11.3 Å². The van der Waals surface area contributed by atoms with Crippen LogP contribution in [0.4, 0.5) is 0 Å². The van der Waals surface area contributed by atoms with Crippen molar-refractivity contribution in [3.63, 3.8) is 0 Å². The summed E-state index contributed by atoms with van der Waals surface area (Å²) in [5.74, 6) is -1.12. The molecule has 1 heterocycles. The Balaban J connectivity index is 2.54. The fourth-order valence-electron chi connectivity index (χ4n) is 1.60. The number of aromatic nitrogens is 1. The van der Waals surface area contributed by atoms with Crippen LogP contribution in [-0.2, 0) is 9.84 Å². The smallest absolute Gasteiger partial charge is 0.354 e. The number of benzene rings is 1. The summed E-state index contributed by atoms with van der Waals surface area (Å²) < 4.78 is 23.0. The molecule has 19 heavy (non-hydrogen) atoms. The van der Waals surface area contributed by atoms with E-state index in [1.165, 1.54) is 18.2 Å². The standard InChI is InChI=1S/C13H11NO4S/c1-19(17,18)10-5-2-4-9(8-10)11-6-3-7-12(14-11)13(15)16/h2-8H,1H3,(H,15,16). The minimum atomic E-state index is -3.30. The summed E-state index contributed by atoms with van der Waals surface area (Å²) in [4.78, 5) is 15.0. The minimum Gasteiger partial charge on any atom is -0.477 e. The fraction of sp³-hybridized carbons (Fsp3) is 0.0769. The van der Waals surface area contributed by atoms with Gasteiger partial charge in [0.15, 0.2) is 9.84 Å². The van der Waals surface area contributed by atoms with Crippen LogP contribution in [0.3, 0.4) is 0 Å². The highest BCUT2D eigenvalue weighted by Gasteiger charge is 2.10. The largest absolute Gasteiger partial charge is 0.477 e. The second kappa shape index (κ2) is 4.81. The predicted octanol–water partition coefficient (Wildman–Crippen LogP) is 1.85. The number of rotatable bonds is 3. The van der Waals surface area contributed by atoms with E-state index in [-0.39, 0.29) is 10.6 Å². The molecule has 0 fully saturated rings. The first-order chi connectivity index (χ1) is 8.88. The van der Waals surface area contributed by atoms with Crippen molar-refractivity contribution in [1.29, 1.82) is 0 Å². The van der Waals surface area contributed by atoms with E-state index in [1.807, 2.05) is 0 Å². The number of carboxylic acids is 1. The van der Waals surface area contributed by atoms with Gasteiger partial charge < -0.3 is 5.11 Å². The molecule has 0 saturated heterocycles. The van der Waals surface area contributed by atoms with Gasteiger partial charge in [0.05, 0.1) is 10.6 Å². The highest BCUT2D eigenvalue weighted by atomic mass is 32.2. The van der Waals surface area contributed by atoms with E-state index in [0.717, 1.165) is 6.26 Å². The Hall–Kier alpha value is -2.21. The van der Waals surface area contributed by atoms with E-state index in [9.17, 15) is 13.2 Å². The van der Waals surface area contributed by atoms with Gasteiger partial charge in [-0.15, -0.1) is 0 Å². The molecule has 1 N–H and O–H groups in total. The third kappa shape index (κ3) is 2.97. The molecule has 0 radical (unpaired) electrons. The van der Waals surface area contributed by atoms with Crippen molar-refractivity contribution in [3.05, 3.63) is 48.2 Å². The molecule has 0 saturated carbocycles. The molecule has 0 aliphatic heterocycles. The Morgan fingerprint density at radius 2 is 1.84 bits per heavy atom. The lowest BCUT2D eigenvalue weighted by Crippen LogP contribution is -2.01. The van der Waals surface area contributed by atoms with E-state index in [1.54, 1.807) is 24.3 Å². The van der Waals surface area contributed by atoms with Crippen LogP contribution in [-0.4, -0.2) is 30.7 Å². The molecule has 0 bridgehead atoms. The lowest BCUT2D eigenvalue weighted by atomic mass is 10.1. The van der Waals surface area contributed by atoms with Gasteiger partial charge in [-0.2, -0.15) is 0 Å². The highest BCUT2D eigenvalue weighted by Crippen LogP contribution is 2.21. The molecule has 1 aromatic heterocycles. The quantitative estimate of drug-likeness (QED) is 0.925. The van der Waals surface area contributed by atoms with E-state index >= 15 is 0 Å². The lowest BCUT2D eigenvalue weighted by molar-refractivity contribution is 0.0690. The van der Waals surface area contributed by atoms with E-state index in [4.69, 9.17) is 5.11 Å². The number of pyridine rings is 1. The molecule has 6 heteroatoms. The van der Waals surface area contributed by atoms with Crippen molar-refractivity contribution >= 4 is 15.8 Å². The summed E-state index contributed by atoms with van der Waals surface area (Å²) in [6.07, 6.45) is 1.12. The third-order valence-corrected chi connectivity index (χ3v) is 3.64. The monoisotopic (exact) mass is 277 g/mol. The van der Waals surface area contributed by atoms with Gasteiger partial charge in [0.25, 0.3) is 0 Å². The second-order valence-corrected chi connectivity index (χ2v) is 6.03. The molecule has 5 nitrogen and oxygen atoms in total. The normalized spacial score (nSPS) is 11.2. The van der Waals surface area contributed by atoms with Crippen LogP contribution >= 0.6 is 0 Å². The summed E-state index contributed by atoms with van der Waals surface area (Å²) in [5, 5.41) is 8.88. The zero-order chi connectivity index (χ0) is 14.0. The van der Waals surface area contributed by atoms with E-state index < -0.39 is 15.8 Å². The number of aromatic carboxylic acids is 1. The molecule has 0 aliphatic rings. The second-order valence-electron chi connectivity index (χ2n) is 4.01. The van der Waals surface area contributed by atoms with Crippen molar-refractivity contribution in [2.45, 2.75) is 4.90 Å². The Kier molecular flexibility index (Phi) is 3.35. The number of hydrogen-bond donors (Lipinski definition) is 1. The fourth-order valence-corrected chi connectivity index (χ4v) is 2.27. The third-order valence-electron chi connectivity index (χ3n) is 2.53. The summed E-state index contributed by atoms with van der Waals surface area (Å²) in [5.41, 5.74) is 0.902. The summed E-state index contributed by atoms with van der Waals surface area (Å²) >= 11 is 0. The number of sulfone groups is 1. The minimum absolute atomic E-state index is 0.0812. The van der Waals surface area contributed by atoms with Gasteiger partial charge in [-0.05, 0) is 24.3 Å². The Morgan fingerprint density at radius 3 is 2.47 bits per heavy atom. The van der Waals surface area contributed by atoms with Crippen molar-refractivity contribution in [2.24, 2.45) is 0 Å². The SMILES string of the molecule is CS(=O)(=O)c1cccc(-c2cccc(C(=O)O)n2)c1. The van der Waals surface area contributed by atoms with Crippen LogP contribution in [0.1, 0.15) is 10.5 Å². The number of hydrogen-bond acceptors (Lipinski definition) is 4. The lowest BCUT2D eigenvalue weighted by Gasteiger charge is -2.04. The van der Waals surface area contributed by atoms with Gasteiger partial charge in [0.1, 0.15) is 5.69 Å². The van der Waals surface area contributed by atoms with Gasteiger partial charge in [-0.3, -0.25) is 0 Å². The molecular weight excluding hydrogens is 266 g/mol. The highest BCUT2D eigenvalue weighted by molar-refractivity contribution is 7.90. The molecule has 2 rings (SSSR count). The number of nitrogens with zero attached hydrogens (tertiary/aromatic N) is 1. The van der Waals surface area contributed by atoms with Crippen LogP contribution in [0.15, 0.2) is 47.4 Å². The van der Waals surface area contributed by atoms with Crippen molar-refractivity contribution in [1.82, 2.24) is 4.98 Å². The molecule has 2 aromatic rings. The molecule has 0 atom stereocenters. The topological polar surface area (TPSA) is 84.3 Å². The molecule has 1 aromatic carbocycles. The zero-order valence-corrected chi connectivity index (χ0v) is 10.9. The zero-order valence-electron chi connectivity index (χ0n) is 10.1. The maximum Gasteiger partial charge on any atom is 0.354 e. The van der Waals surface area contributed by atoms with Crippen LogP contribution in [0.5, 0.6) is 0 Å². The Morgan fingerprint density at radius 1 is 1.16 bits per heavy atom. The summed E-state index contributed by atoms with van der Waals surface area (Å²) in [7, 11) is -3.30. The van der Waals surface area contributed by atoms with Gasteiger partial charge in [0.2, 0.25) is 0 Å². The maximum absolute atomic E-state index is 11.5. The number of carboxylic acid groups (broad SMARTS) is 1. The summed E-state index contributed by atoms with van der Waals surface area (Å²) in [6.45, 7) is 0. The van der Waals surface area contributed by atoms with E-state index in [2.05, 4.69) is 4.98 Å². The Labute approximate surface area is 110 Å². The molecular formula is C13H11NO4S. The van der Waals surface area contributed by atoms with Crippen LogP contribution in [0, 0.1) is 0 Å².